The molecule has 2 heterocycles. The van der Waals surface area contributed by atoms with E-state index >= 15 is 0 Å². The van der Waals surface area contributed by atoms with E-state index in [0.29, 0.717) is 50.6 Å². The smallest absolute Gasteiger partial charge is 0.243 e. The number of hydrogen-bond acceptors (Lipinski definition) is 4. The summed E-state index contributed by atoms with van der Waals surface area (Å²) in [5.74, 6) is 0.0754. The molecular weight excluding hydrogens is 350 g/mol. The fraction of sp³-hybridized carbons (Fsp3) is 0.562. The first kappa shape index (κ1) is 19.2. The molecule has 0 aliphatic carbocycles. The van der Waals surface area contributed by atoms with E-state index in [0.717, 1.165) is 17.5 Å². The molecule has 134 valence electrons. The summed E-state index contributed by atoms with van der Waals surface area (Å²) in [6.45, 7) is 5.34. The minimum atomic E-state index is -3.42. The van der Waals surface area contributed by atoms with E-state index < -0.39 is 10.0 Å². The Bertz CT molecular complexity index is 703. The Morgan fingerprint density at radius 3 is 2.29 bits per heavy atom. The lowest BCUT2D eigenvalue weighted by Gasteiger charge is -2.26. The van der Waals surface area contributed by atoms with Crippen LogP contribution in [0.1, 0.15) is 18.1 Å². The Balaban J connectivity index is 0.00000208. The molecule has 1 amide bonds. The molecule has 0 unspecified atom stereocenters. The summed E-state index contributed by atoms with van der Waals surface area (Å²) in [4.78, 5) is 13.7. The number of halogens is 1. The number of rotatable bonds is 2. The maximum absolute atomic E-state index is 12.8. The molecule has 6 nitrogen and oxygen atoms in total. The van der Waals surface area contributed by atoms with Crippen molar-refractivity contribution in [1.82, 2.24) is 14.5 Å². The lowest BCUT2D eigenvalue weighted by atomic mass is 10.0. The third kappa shape index (κ3) is 3.91. The number of carbonyl (C=O) groups is 1. The first-order valence-electron chi connectivity index (χ1n) is 8.06. The molecule has 2 aliphatic heterocycles. The predicted molar refractivity (Wildman–Crippen MR) is 95.0 cm³/mol. The summed E-state index contributed by atoms with van der Waals surface area (Å²) in [5, 5.41) is 3.17. The third-order valence-corrected chi connectivity index (χ3v) is 6.53. The van der Waals surface area contributed by atoms with Crippen molar-refractivity contribution in [3.63, 3.8) is 0 Å². The van der Waals surface area contributed by atoms with Crippen molar-refractivity contribution in [3.8, 4) is 0 Å². The van der Waals surface area contributed by atoms with Crippen LogP contribution in [0.4, 0.5) is 0 Å². The van der Waals surface area contributed by atoms with Crippen LogP contribution in [0.15, 0.2) is 23.1 Å². The van der Waals surface area contributed by atoms with Crippen molar-refractivity contribution in [2.24, 2.45) is 0 Å². The van der Waals surface area contributed by atoms with Crippen LogP contribution in [0.2, 0.25) is 0 Å². The minimum Gasteiger partial charge on any atom is -0.342 e. The second-order valence-corrected chi connectivity index (χ2v) is 8.03. The van der Waals surface area contributed by atoms with E-state index in [2.05, 4.69) is 5.32 Å². The van der Waals surface area contributed by atoms with Gasteiger partial charge in [0.15, 0.2) is 0 Å². The summed E-state index contributed by atoms with van der Waals surface area (Å²) >= 11 is 0. The molecule has 24 heavy (non-hydrogen) atoms. The van der Waals surface area contributed by atoms with Crippen LogP contribution >= 0.6 is 12.4 Å². The molecule has 3 rings (SSSR count). The van der Waals surface area contributed by atoms with Gasteiger partial charge in [0.1, 0.15) is 0 Å². The summed E-state index contributed by atoms with van der Waals surface area (Å²) in [7, 11) is -3.42. The maximum Gasteiger partial charge on any atom is 0.243 e. The minimum absolute atomic E-state index is 0. The van der Waals surface area contributed by atoms with Crippen molar-refractivity contribution in [1.29, 1.82) is 0 Å². The number of amides is 1. The van der Waals surface area contributed by atoms with Gasteiger partial charge in [-0.1, -0.05) is 6.07 Å². The third-order valence-electron chi connectivity index (χ3n) is 4.64. The van der Waals surface area contributed by atoms with Crippen LogP contribution in [-0.4, -0.2) is 62.8 Å². The molecule has 0 spiro atoms. The van der Waals surface area contributed by atoms with Gasteiger partial charge < -0.3 is 10.2 Å². The second-order valence-electron chi connectivity index (χ2n) is 6.09. The Morgan fingerprint density at radius 2 is 1.67 bits per heavy atom. The molecule has 2 aliphatic rings. The number of fused-ring (bicyclic) bond motifs is 1. The highest BCUT2D eigenvalue weighted by molar-refractivity contribution is 7.89. The average molecular weight is 374 g/mol. The van der Waals surface area contributed by atoms with Crippen LogP contribution in [0.5, 0.6) is 0 Å². The normalized spacial score (nSPS) is 19.1. The predicted octanol–water partition coefficient (Wildman–Crippen LogP) is 0.649. The molecule has 1 fully saturated rings. The molecule has 1 saturated heterocycles. The Kier molecular flexibility index (Phi) is 6.25. The summed E-state index contributed by atoms with van der Waals surface area (Å²) in [6.07, 6.45) is 1.49. The van der Waals surface area contributed by atoms with E-state index in [1.165, 1.54) is 0 Å². The van der Waals surface area contributed by atoms with Gasteiger partial charge >= 0.3 is 0 Å². The van der Waals surface area contributed by atoms with Gasteiger partial charge in [0.05, 0.1) is 4.90 Å². The van der Waals surface area contributed by atoms with E-state index in [9.17, 15) is 13.2 Å². The Hall–Kier alpha value is -1.15. The van der Waals surface area contributed by atoms with Crippen LogP contribution in [-0.2, 0) is 27.7 Å². The molecule has 0 radical (unpaired) electrons. The highest BCUT2D eigenvalue weighted by Gasteiger charge is 2.27. The SMILES string of the molecule is CC(=O)N1CCc2ccc(S(=O)(=O)N3CCNCC3)cc2CC1.Cl. The first-order valence-corrected chi connectivity index (χ1v) is 9.50. The lowest BCUT2D eigenvalue weighted by Crippen LogP contribution is -2.46. The first-order chi connectivity index (χ1) is 11.0. The number of hydrogen-bond donors (Lipinski definition) is 1. The highest BCUT2D eigenvalue weighted by atomic mass is 35.5. The monoisotopic (exact) mass is 373 g/mol. The van der Waals surface area contributed by atoms with Crippen molar-refractivity contribution >= 4 is 28.3 Å². The summed E-state index contributed by atoms with van der Waals surface area (Å²) in [6, 6.07) is 5.42. The van der Waals surface area contributed by atoms with Gasteiger partial charge in [0, 0.05) is 46.2 Å². The Labute approximate surface area is 149 Å². The zero-order valence-corrected chi connectivity index (χ0v) is 15.5. The standard InChI is InChI=1S/C16H23N3O3S.ClH/c1-13(20)18-8-4-14-2-3-16(12-15(14)5-9-18)23(21,22)19-10-6-17-7-11-19;/h2-3,12,17H,4-11H2,1H3;1H. The zero-order chi connectivity index (χ0) is 16.4. The van der Waals surface area contributed by atoms with Gasteiger partial charge in [-0.3, -0.25) is 4.79 Å². The molecule has 8 heteroatoms. The van der Waals surface area contributed by atoms with E-state index in [1.54, 1.807) is 23.4 Å². The highest BCUT2D eigenvalue weighted by Crippen LogP contribution is 2.23. The van der Waals surface area contributed by atoms with Crippen molar-refractivity contribution in [2.45, 2.75) is 24.7 Å². The van der Waals surface area contributed by atoms with Gasteiger partial charge in [-0.25, -0.2) is 8.42 Å². The number of sulfonamides is 1. The topological polar surface area (TPSA) is 69.7 Å². The van der Waals surface area contributed by atoms with Crippen LogP contribution in [0.3, 0.4) is 0 Å². The molecule has 0 bridgehead atoms. The van der Waals surface area contributed by atoms with Crippen LogP contribution in [0, 0.1) is 0 Å². The van der Waals surface area contributed by atoms with Crippen molar-refractivity contribution in [3.05, 3.63) is 29.3 Å². The van der Waals surface area contributed by atoms with E-state index in [4.69, 9.17) is 0 Å². The fourth-order valence-electron chi connectivity index (χ4n) is 3.21. The van der Waals surface area contributed by atoms with Crippen molar-refractivity contribution in [2.75, 3.05) is 39.3 Å². The number of nitrogens with zero attached hydrogens (tertiary/aromatic N) is 2. The number of nitrogens with one attached hydrogen (secondary N) is 1. The average Bonchev–Trinajstić information content (AvgIpc) is 2.77. The van der Waals surface area contributed by atoms with E-state index in [-0.39, 0.29) is 18.3 Å². The number of benzene rings is 1. The maximum atomic E-state index is 12.8. The summed E-state index contributed by atoms with van der Waals surface area (Å²) in [5.41, 5.74) is 2.19. The largest absolute Gasteiger partial charge is 0.342 e. The van der Waals surface area contributed by atoms with Gasteiger partial charge in [0.2, 0.25) is 15.9 Å². The van der Waals surface area contributed by atoms with Crippen LogP contribution < -0.4 is 5.32 Å². The van der Waals surface area contributed by atoms with Crippen molar-refractivity contribution < 1.29 is 13.2 Å². The molecule has 0 saturated carbocycles. The molecule has 1 aromatic carbocycles. The van der Waals surface area contributed by atoms with Gasteiger partial charge in [-0.05, 0) is 36.1 Å². The molecule has 0 atom stereocenters. The van der Waals surface area contributed by atoms with Gasteiger partial charge in [0.25, 0.3) is 0 Å². The quantitative estimate of drug-likeness (QED) is 0.826. The fourth-order valence-corrected chi connectivity index (χ4v) is 4.70. The number of carbonyl (C=O) groups excluding carboxylic acids is 1. The molecule has 1 aromatic rings. The van der Waals surface area contributed by atoms with Crippen LogP contribution in [0.25, 0.3) is 0 Å². The number of piperazine rings is 1. The van der Waals surface area contributed by atoms with E-state index in [1.807, 2.05) is 11.0 Å². The molecular formula is C16H24ClN3O3S. The zero-order valence-electron chi connectivity index (χ0n) is 13.8. The lowest BCUT2D eigenvalue weighted by molar-refractivity contribution is -0.128. The Morgan fingerprint density at radius 1 is 1.04 bits per heavy atom. The molecule has 1 N–H and O–H groups in total. The summed E-state index contributed by atoms with van der Waals surface area (Å²) < 4.78 is 27.1. The van der Waals surface area contributed by atoms with Gasteiger partial charge in [-0.15, -0.1) is 12.4 Å². The molecule has 0 aromatic heterocycles. The van der Waals surface area contributed by atoms with Gasteiger partial charge in [-0.2, -0.15) is 4.31 Å². The second kappa shape index (κ2) is 7.82.